The maximum atomic E-state index is 5.53. The molecule has 2 heterocycles. The van der Waals surface area contributed by atoms with Gasteiger partial charge in [0.05, 0.1) is 6.26 Å². The molecule has 88 valence electrons. The molecule has 1 aliphatic rings. The number of nitrogens with one attached hydrogen (secondary N) is 1. The van der Waals surface area contributed by atoms with Gasteiger partial charge < -0.3 is 9.84 Å². The van der Waals surface area contributed by atoms with Crippen molar-refractivity contribution in [1.29, 1.82) is 0 Å². The van der Waals surface area contributed by atoms with Crippen LogP contribution in [0.5, 0.6) is 0 Å². The lowest BCUT2D eigenvalue weighted by Gasteiger charge is -2.18. The van der Waals surface area contributed by atoms with E-state index in [9.17, 15) is 0 Å². The standard InChI is InChI=1S/C12H14N4O/c13-16-11-8-4-1-2-5-9(8)14-12(15-11)10-6-3-7-17-10/h3,6-7H,1-2,4-5,13H2,(H,14,15,16). The normalized spacial score (nSPS) is 14.4. The maximum absolute atomic E-state index is 5.53. The first-order chi connectivity index (χ1) is 8.38. The second-order valence-corrected chi connectivity index (χ2v) is 4.15. The van der Waals surface area contributed by atoms with Gasteiger partial charge in [-0.2, -0.15) is 0 Å². The summed E-state index contributed by atoms with van der Waals surface area (Å²) in [4.78, 5) is 8.97. The number of furan rings is 1. The fraction of sp³-hybridized carbons (Fsp3) is 0.333. The van der Waals surface area contributed by atoms with Crippen LogP contribution in [-0.2, 0) is 12.8 Å². The summed E-state index contributed by atoms with van der Waals surface area (Å²) in [7, 11) is 0. The summed E-state index contributed by atoms with van der Waals surface area (Å²) in [6.45, 7) is 0. The number of aryl methyl sites for hydroxylation is 1. The van der Waals surface area contributed by atoms with Crippen LogP contribution in [-0.4, -0.2) is 9.97 Å². The Morgan fingerprint density at radius 2 is 2.12 bits per heavy atom. The Morgan fingerprint density at radius 3 is 2.88 bits per heavy atom. The molecule has 0 saturated heterocycles. The van der Waals surface area contributed by atoms with Crippen molar-refractivity contribution >= 4 is 5.82 Å². The average molecular weight is 230 g/mol. The molecule has 0 unspecified atom stereocenters. The minimum absolute atomic E-state index is 0.601. The zero-order valence-corrected chi connectivity index (χ0v) is 9.44. The number of hydrazine groups is 1. The van der Waals surface area contributed by atoms with Gasteiger partial charge in [0.2, 0.25) is 0 Å². The maximum Gasteiger partial charge on any atom is 0.197 e. The fourth-order valence-electron chi connectivity index (χ4n) is 2.23. The molecule has 0 amide bonds. The van der Waals surface area contributed by atoms with Crippen LogP contribution in [0.15, 0.2) is 22.8 Å². The number of nitrogen functional groups attached to an aromatic ring is 1. The molecule has 0 atom stereocenters. The molecular weight excluding hydrogens is 216 g/mol. The summed E-state index contributed by atoms with van der Waals surface area (Å²) in [5.41, 5.74) is 4.90. The highest BCUT2D eigenvalue weighted by atomic mass is 16.3. The van der Waals surface area contributed by atoms with Gasteiger partial charge in [-0.15, -0.1) is 0 Å². The van der Waals surface area contributed by atoms with Crippen molar-refractivity contribution in [1.82, 2.24) is 9.97 Å². The lowest BCUT2D eigenvalue weighted by Crippen LogP contribution is -2.17. The first kappa shape index (κ1) is 10.3. The van der Waals surface area contributed by atoms with Crippen LogP contribution in [0, 0.1) is 0 Å². The number of anilines is 1. The van der Waals surface area contributed by atoms with Crippen LogP contribution < -0.4 is 11.3 Å². The Kier molecular flexibility index (Phi) is 2.53. The monoisotopic (exact) mass is 230 g/mol. The molecule has 17 heavy (non-hydrogen) atoms. The van der Waals surface area contributed by atoms with Crippen LogP contribution in [0.4, 0.5) is 5.82 Å². The molecule has 0 aromatic carbocycles. The molecule has 0 aliphatic heterocycles. The van der Waals surface area contributed by atoms with Crippen molar-refractivity contribution in [2.75, 3.05) is 5.43 Å². The first-order valence-corrected chi connectivity index (χ1v) is 5.79. The van der Waals surface area contributed by atoms with Crippen LogP contribution in [0.2, 0.25) is 0 Å². The molecule has 2 aromatic heterocycles. The molecule has 3 N–H and O–H groups in total. The van der Waals surface area contributed by atoms with E-state index in [1.54, 1.807) is 6.26 Å². The third-order valence-corrected chi connectivity index (χ3v) is 3.06. The summed E-state index contributed by atoms with van der Waals surface area (Å²) in [5.74, 6) is 7.52. The van der Waals surface area contributed by atoms with Gasteiger partial charge in [-0.25, -0.2) is 15.8 Å². The minimum atomic E-state index is 0.601. The van der Waals surface area contributed by atoms with Crippen molar-refractivity contribution in [3.63, 3.8) is 0 Å². The highest BCUT2D eigenvalue weighted by molar-refractivity contribution is 5.55. The van der Waals surface area contributed by atoms with Crippen molar-refractivity contribution in [2.45, 2.75) is 25.7 Å². The van der Waals surface area contributed by atoms with Crippen molar-refractivity contribution in [2.24, 2.45) is 5.84 Å². The van der Waals surface area contributed by atoms with E-state index in [1.165, 1.54) is 12.8 Å². The Hall–Kier alpha value is -1.88. The zero-order chi connectivity index (χ0) is 11.7. The third kappa shape index (κ3) is 1.78. The van der Waals surface area contributed by atoms with E-state index >= 15 is 0 Å². The average Bonchev–Trinajstić information content (AvgIpc) is 2.91. The summed E-state index contributed by atoms with van der Waals surface area (Å²) >= 11 is 0. The Morgan fingerprint density at radius 1 is 1.24 bits per heavy atom. The predicted octanol–water partition coefficient (Wildman–Crippen LogP) is 1.90. The molecular formula is C12H14N4O. The van der Waals surface area contributed by atoms with E-state index in [-0.39, 0.29) is 0 Å². The number of hydrogen-bond donors (Lipinski definition) is 2. The number of aromatic nitrogens is 2. The minimum Gasteiger partial charge on any atom is -0.461 e. The molecule has 2 aromatic rings. The van der Waals surface area contributed by atoms with Crippen molar-refractivity contribution < 1.29 is 4.42 Å². The second-order valence-electron chi connectivity index (χ2n) is 4.15. The van der Waals surface area contributed by atoms with Crippen molar-refractivity contribution in [3.05, 3.63) is 29.7 Å². The summed E-state index contributed by atoms with van der Waals surface area (Å²) < 4.78 is 5.32. The molecule has 1 aliphatic carbocycles. The van der Waals surface area contributed by atoms with Gasteiger partial charge in [0.15, 0.2) is 11.6 Å². The van der Waals surface area contributed by atoms with Crippen molar-refractivity contribution in [3.8, 4) is 11.6 Å². The van der Waals surface area contributed by atoms with E-state index in [1.807, 2.05) is 12.1 Å². The SMILES string of the molecule is NNc1nc(-c2ccco2)nc2c1CCCC2. The fourth-order valence-corrected chi connectivity index (χ4v) is 2.23. The van der Waals surface area contributed by atoms with Crippen LogP contribution in [0.3, 0.4) is 0 Å². The van der Waals surface area contributed by atoms with Gasteiger partial charge in [-0.1, -0.05) is 0 Å². The number of nitrogens with two attached hydrogens (primary N) is 1. The topological polar surface area (TPSA) is 77.0 Å². The Balaban J connectivity index is 2.12. The number of rotatable bonds is 2. The van der Waals surface area contributed by atoms with Gasteiger partial charge in [-0.3, -0.25) is 0 Å². The van der Waals surface area contributed by atoms with E-state index in [4.69, 9.17) is 10.3 Å². The third-order valence-electron chi connectivity index (χ3n) is 3.06. The molecule has 5 nitrogen and oxygen atoms in total. The quantitative estimate of drug-likeness (QED) is 0.608. The number of nitrogens with zero attached hydrogens (tertiary/aromatic N) is 2. The van der Waals surface area contributed by atoms with E-state index < -0.39 is 0 Å². The second kappa shape index (κ2) is 4.18. The van der Waals surface area contributed by atoms with Gasteiger partial charge >= 0.3 is 0 Å². The number of hydrogen-bond acceptors (Lipinski definition) is 5. The first-order valence-electron chi connectivity index (χ1n) is 5.79. The molecule has 0 bridgehead atoms. The molecule has 5 heteroatoms. The smallest absolute Gasteiger partial charge is 0.197 e. The zero-order valence-electron chi connectivity index (χ0n) is 9.44. The number of fused-ring (bicyclic) bond motifs is 1. The van der Waals surface area contributed by atoms with Gasteiger partial charge in [-0.05, 0) is 37.8 Å². The Bertz CT molecular complexity index is 504. The van der Waals surface area contributed by atoms with E-state index in [2.05, 4.69) is 15.4 Å². The molecule has 0 radical (unpaired) electrons. The van der Waals surface area contributed by atoms with Gasteiger partial charge in [0.1, 0.15) is 5.82 Å². The van der Waals surface area contributed by atoms with Gasteiger partial charge in [0.25, 0.3) is 0 Å². The predicted molar refractivity (Wildman–Crippen MR) is 64.2 cm³/mol. The largest absolute Gasteiger partial charge is 0.461 e. The molecule has 0 spiro atoms. The highest BCUT2D eigenvalue weighted by Gasteiger charge is 2.18. The molecule has 0 fully saturated rings. The lowest BCUT2D eigenvalue weighted by molar-refractivity contribution is 0.575. The lowest BCUT2D eigenvalue weighted by atomic mass is 9.96. The highest BCUT2D eigenvalue weighted by Crippen LogP contribution is 2.27. The summed E-state index contributed by atoms with van der Waals surface area (Å²) in [5, 5.41) is 0. The summed E-state index contributed by atoms with van der Waals surface area (Å²) in [6, 6.07) is 3.68. The molecule has 3 rings (SSSR count). The van der Waals surface area contributed by atoms with E-state index in [0.717, 1.165) is 29.9 Å². The summed E-state index contributed by atoms with van der Waals surface area (Å²) in [6.07, 6.45) is 5.94. The molecule has 0 saturated carbocycles. The van der Waals surface area contributed by atoms with Crippen LogP contribution in [0.25, 0.3) is 11.6 Å². The van der Waals surface area contributed by atoms with E-state index in [0.29, 0.717) is 11.6 Å². The van der Waals surface area contributed by atoms with Crippen LogP contribution >= 0.6 is 0 Å². The van der Waals surface area contributed by atoms with Crippen LogP contribution in [0.1, 0.15) is 24.1 Å². The van der Waals surface area contributed by atoms with Gasteiger partial charge in [0, 0.05) is 11.3 Å². The Labute approximate surface area is 99.0 Å².